The zero-order valence-electron chi connectivity index (χ0n) is 21.7. The Morgan fingerprint density at radius 2 is 1.51 bits per heavy atom. The van der Waals surface area contributed by atoms with Gasteiger partial charge in [0, 0.05) is 28.4 Å². The van der Waals surface area contributed by atoms with Gasteiger partial charge in [0.25, 0.3) is 0 Å². The lowest BCUT2D eigenvalue weighted by Gasteiger charge is -2.38. The number of Topliss-reactive ketones (excluding diaryl/α,β-unsaturated/α-hetero) is 1. The summed E-state index contributed by atoms with van der Waals surface area (Å²) in [5.41, 5.74) is 11.0. The molecule has 0 spiro atoms. The summed E-state index contributed by atoms with van der Waals surface area (Å²) >= 11 is 5.16. The highest BCUT2D eigenvalue weighted by Crippen LogP contribution is 2.55. The van der Waals surface area contributed by atoms with E-state index in [9.17, 15) is 4.79 Å². The number of carbonyl (C=O) groups is 1. The van der Waals surface area contributed by atoms with Crippen molar-refractivity contribution < 1.29 is 9.53 Å². The molecule has 35 heavy (non-hydrogen) atoms. The smallest absolute Gasteiger partial charge is 0.160 e. The molecule has 2 N–H and O–H groups in total. The second kappa shape index (κ2) is 11.8. The average Bonchev–Trinajstić information content (AvgIpc) is 2.86. The summed E-state index contributed by atoms with van der Waals surface area (Å²) in [4.78, 5) is 12.3. The number of thiol groups is 1. The molecule has 1 atom stereocenters. The Bertz CT molecular complexity index is 1110. The van der Waals surface area contributed by atoms with Crippen LogP contribution in [0.3, 0.4) is 0 Å². The third-order valence-corrected chi connectivity index (χ3v) is 7.45. The lowest BCUT2D eigenvalue weighted by molar-refractivity contribution is 0.101. The predicted octanol–water partition coefficient (Wildman–Crippen LogP) is 8.72. The molecule has 1 aliphatic heterocycles. The van der Waals surface area contributed by atoms with Crippen molar-refractivity contribution in [3.05, 3.63) is 88.5 Å². The number of carbonyl (C=O) groups excluding carboxylic acids is 1. The van der Waals surface area contributed by atoms with E-state index in [4.69, 9.17) is 23.1 Å². The van der Waals surface area contributed by atoms with Crippen LogP contribution in [-0.4, -0.2) is 5.78 Å². The van der Waals surface area contributed by atoms with Crippen LogP contribution in [0.4, 0.5) is 5.69 Å². The molecule has 1 unspecified atom stereocenters. The number of nitrogen functional groups attached to an aromatic ring is 1. The van der Waals surface area contributed by atoms with E-state index in [1.807, 2.05) is 81.4 Å². The first-order chi connectivity index (χ1) is 16.8. The van der Waals surface area contributed by atoms with Gasteiger partial charge in [0.15, 0.2) is 5.78 Å². The first kappa shape index (κ1) is 26.9. The summed E-state index contributed by atoms with van der Waals surface area (Å²) in [6.45, 7) is 9.95. The van der Waals surface area contributed by atoms with Crippen molar-refractivity contribution in [1.29, 1.82) is 0 Å². The SMILES string of the molecule is CC.CC(=O)c1ccccc1C1(S)c2ccc(C)cc2Oc2cc(N)ccc21.CC1CCCCC1. The fourth-order valence-electron chi connectivity index (χ4n) is 4.90. The van der Waals surface area contributed by atoms with Gasteiger partial charge in [-0.2, -0.15) is 12.6 Å². The minimum absolute atomic E-state index is 0.00572. The minimum Gasteiger partial charge on any atom is -0.457 e. The van der Waals surface area contributed by atoms with Crippen LogP contribution < -0.4 is 10.5 Å². The number of fused-ring (bicyclic) bond motifs is 2. The van der Waals surface area contributed by atoms with Gasteiger partial charge >= 0.3 is 0 Å². The average molecular weight is 490 g/mol. The molecule has 3 aromatic rings. The number of rotatable bonds is 2. The van der Waals surface area contributed by atoms with Gasteiger partial charge in [-0.05, 0) is 43.0 Å². The Hall–Kier alpha value is -2.72. The van der Waals surface area contributed by atoms with Gasteiger partial charge in [-0.25, -0.2) is 0 Å². The van der Waals surface area contributed by atoms with Crippen LogP contribution in [0.5, 0.6) is 11.5 Å². The molecule has 1 fully saturated rings. The predicted molar refractivity (Wildman–Crippen MR) is 151 cm³/mol. The number of benzene rings is 3. The van der Waals surface area contributed by atoms with Crippen molar-refractivity contribution >= 4 is 24.1 Å². The highest BCUT2D eigenvalue weighted by molar-refractivity contribution is 7.81. The Labute approximate surface area is 216 Å². The molecule has 0 aromatic heterocycles. The molecule has 0 bridgehead atoms. The first-order valence-electron chi connectivity index (χ1n) is 12.8. The molecule has 186 valence electrons. The maximum absolute atomic E-state index is 12.3. The zero-order valence-corrected chi connectivity index (χ0v) is 22.6. The molecular formula is C31H39NO2S. The van der Waals surface area contributed by atoms with Crippen molar-refractivity contribution in [3.63, 3.8) is 0 Å². The third kappa shape index (κ3) is 5.75. The van der Waals surface area contributed by atoms with Crippen molar-refractivity contribution in [1.82, 2.24) is 0 Å². The van der Waals surface area contributed by atoms with Gasteiger partial charge in [-0.3, -0.25) is 4.79 Å². The van der Waals surface area contributed by atoms with Gasteiger partial charge < -0.3 is 10.5 Å². The molecule has 3 aromatic carbocycles. The number of hydrogen-bond acceptors (Lipinski definition) is 4. The lowest BCUT2D eigenvalue weighted by Crippen LogP contribution is -2.29. The second-order valence-corrected chi connectivity index (χ2v) is 10.1. The highest BCUT2D eigenvalue weighted by Gasteiger charge is 2.42. The summed E-state index contributed by atoms with van der Waals surface area (Å²) in [7, 11) is 0. The van der Waals surface area contributed by atoms with Crippen LogP contribution in [0.25, 0.3) is 0 Å². The maximum Gasteiger partial charge on any atom is 0.160 e. The molecule has 5 rings (SSSR count). The molecular weight excluding hydrogens is 450 g/mol. The molecule has 1 heterocycles. The molecule has 1 saturated carbocycles. The van der Waals surface area contributed by atoms with E-state index in [1.165, 1.54) is 32.1 Å². The van der Waals surface area contributed by atoms with E-state index in [0.29, 0.717) is 17.0 Å². The highest BCUT2D eigenvalue weighted by atomic mass is 32.1. The summed E-state index contributed by atoms with van der Waals surface area (Å²) in [5.74, 6) is 2.44. The fraction of sp³-hybridized carbons (Fsp3) is 0.387. The van der Waals surface area contributed by atoms with Crippen molar-refractivity contribution in [2.75, 3.05) is 5.73 Å². The van der Waals surface area contributed by atoms with Crippen LogP contribution in [0.2, 0.25) is 0 Å². The number of ketones is 1. The van der Waals surface area contributed by atoms with E-state index in [-0.39, 0.29) is 5.78 Å². The van der Waals surface area contributed by atoms with Gasteiger partial charge in [0.2, 0.25) is 0 Å². The van der Waals surface area contributed by atoms with Crippen molar-refractivity contribution in [2.24, 2.45) is 5.92 Å². The number of anilines is 1. The maximum atomic E-state index is 12.3. The van der Waals surface area contributed by atoms with Crippen LogP contribution in [0, 0.1) is 12.8 Å². The summed E-state index contributed by atoms with van der Waals surface area (Å²) in [6.07, 6.45) is 7.44. The lowest BCUT2D eigenvalue weighted by atomic mass is 9.78. The molecule has 3 nitrogen and oxygen atoms in total. The summed E-state index contributed by atoms with van der Waals surface area (Å²) in [5, 5.41) is 0. The number of aryl methyl sites for hydroxylation is 1. The summed E-state index contributed by atoms with van der Waals surface area (Å²) in [6, 6.07) is 19.2. The second-order valence-electron chi connectivity index (χ2n) is 9.41. The van der Waals surface area contributed by atoms with E-state index in [0.717, 1.165) is 33.9 Å². The number of ether oxygens (including phenoxy) is 1. The summed E-state index contributed by atoms with van der Waals surface area (Å²) < 4.78 is 5.33. The quantitative estimate of drug-likeness (QED) is 0.215. The molecule has 4 heteroatoms. The Balaban J connectivity index is 0.000000324. The largest absolute Gasteiger partial charge is 0.457 e. The molecule has 0 amide bonds. The van der Waals surface area contributed by atoms with E-state index in [2.05, 4.69) is 6.92 Å². The molecule has 2 aliphatic rings. The standard InChI is InChI=1S/C22H19NO2S.C7H14.C2H6/c1-13-7-9-18-20(11-13)25-21-12-15(23)8-10-19(21)22(18,26)17-6-4-3-5-16(17)14(2)24;1-7-5-3-2-4-6-7;1-2/h3-12,26H,23H2,1-2H3;7H,2-6H2,1H3;1-2H3. The zero-order chi connectivity index (χ0) is 25.6. The number of nitrogens with two attached hydrogens (primary N) is 1. The van der Waals surface area contributed by atoms with Crippen LogP contribution in [0.15, 0.2) is 60.7 Å². The van der Waals surface area contributed by atoms with Gasteiger partial charge in [-0.15, -0.1) is 0 Å². The normalized spacial score (nSPS) is 18.5. The molecule has 0 saturated heterocycles. The monoisotopic (exact) mass is 489 g/mol. The van der Waals surface area contributed by atoms with E-state index < -0.39 is 4.75 Å². The van der Waals surface area contributed by atoms with Crippen LogP contribution in [0.1, 0.15) is 92.4 Å². The minimum atomic E-state index is -0.813. The van der Waals surface area contributed by atoms with Gasteiger partial charge in [0.05, 0.1) is 4.75 Å². The molecule has 1 aliphatic carbocycles. The molecule has 0 radical (unpaired) electrons. The Morgan fingerprint density at radius 1 is 0.914 bits per heavy atom. The Morgan fingerprint density at radius 3 is 2.11 bits per heavy atom. The fourth-order valence-corrected chi connectivity index (χ4v) is 5.47. The topological polar surface area (TPSA) is 52.3 Å². The van der Waals surface area contributed by atoms with E-state index >= 15 is 0 Å². The first-order valence-corrected chi connectivity index (χ1v) is 13.3. The number of hydrogen-bond donors (Lipinski definition) is 2. The van der Waals surface area contributed by atoms with Crippen LogP contribution in [-0.2, 0) is 4.75 Å². The Kier molecular flexibility index (Phi) is 9.07. The van der Waals surface area contributed by atoms with Crippen molar-refractivity contribution in [2.45, 2.75) is 71.5 Å². The third-order valence-electron chi connectivity index (χ3n) is 6.73. The van der Waals surface area contributed by atoms with Gasteiger partial charge in [-0.1, -0.05) is 95.3 Å². The van der Waals surface area contributed by atoms with Crippen LogP contribution >= 0.6 is 12.6 Å². The van der Waals surface area contributed by atoms with Gasteiger partial charge in [0.1, 0.15) is 11.5 Å². The van der Waals surface area contributed by atoms with E-state index in [1.54, 1.807) is 6.92 Å². The van der Waals surface area contributed by atoms with Crippen molar-refractivity contribution in [3.8, 4) is 11.5 Å².